The Hall–Kier alpha value is -1.69. The first kappa shape index (κ1) is 53.3. The Bertz CT molecular complexity index is 896. The maximum absolute atomic E-state index is 12.5. The first-order chi connectivity index (χ1) is 27.1. The standard InChI is InChI=1S/C50H93NO4/c1-3-5-7-9-11-13-15-17-19-21-22-23-24-25-26-27-28-29-31-32-34-36-38-40-42-44-48(53)47(46-52)51-50(55)49(54)45-43-41-39-37-35-33-30-20-18-16-14-12-10-8-6-4-2/h18,20,28-29,34,36,42,44,47-49,52-54H,3-17,19,21-27,30-33,35,37-41,43,45-46H2,1-2H3,(H,51,55)/b20-18-,29-28+,36-34+,44-42+. The molecule has 0 spiro atoms. The van der Waals surface area contributed by atoms with Crippen LogP contribution in [0.15, 0.2) is 48.6 Å². The molecule has 0 rings (SSSR count). The van der Waals surface area contributed by atoms with Gasteiger partial charge in [0.25, 0.3) is 0 Å². The third-order valence-electron chi connectivity index (χ3n) is 10.9. The summed E-state index contributed by atoms with van der Waals surface area (Å²) < 4.78 is 0. The zero-order valence-electron chi connectivity index (χ0n) is 36.6. The van der Waals surface area contributed by atoms with Gasteiger partial charge in [0, 0.05) is 0 Å². The molecular formula is C50H93NO4. The monoisotopic (exact) mass is 772 g/mol. The number of allylic oxidation sites excluding steroid dienone is 7. The number of amides is 1. The molecule has 4 N–H and O–H groups in total. The highest BCUT2D eigenvalue weighted by molar-refractivity contribution is 5.80. The second-order valence-corrected chi connectivity index (χ2v) is 16.3. The molecule has 0 saturated heterocycles. The summed E-state index contributed by atoms with van der Waals surface area (Å²) in [6, 6.07) is -0.824. The van der Waals surface area contributed by atoms with Gasteiger partial charge < -0.3 is 20.6 Å². The van der Waals surface area contributed by atoms with Crippen LogP contribution in [0.1, 0.15) is 239 Å². The second kappa shape index (κ2) is 45.0. The molecule has 0 fully saturated rings. The molecule has 322 valence electrons. The number of hydrogen-bond donors (Lipinski definition) is 4. The average Bonchev–Trinajstić information content (AvgIpc) is 3.19. The Balaban J connectivity index is 3.72. The Morgan fingerprint density at radius 2 is 0.745 bits per heavy atom. The Morgan fingerprint density at radius 1 is 0.436 bits per heavy atom. The third kappa shape index (κ3) is 40.3. The molecule has 3 atom stereocenters. The van der Waals surface area contributed by atoms with E-state index in [-0.39, 0.29) is 6.61 Å². The predicted molar refractivity (Wildman–Crippen MR) is 241 cm³/mol. The van der Waals surface area contributed by atoms with Gasteiger partial charge in [0.05, 0.1) is 18.8 Å². The minimum Gasteiger partial charge on any atom is -0.394 e. The van der Waals surface area contributed by atoms with Crippen LogP contribution in [0.25, 0.3) is 0 Å². The van der Waals surface area contributed by atoms with Gasteiger partial charge in [-0.05, 0) is 70.6 Å². The molecule has 0 aliphatic rings. The maximum Gasteiger partial charge on any atom is 0.249 e. The molecule has 0 bridgehead atoms. The molecule has 1 amide bonds. The summed E-state index contributed by atoms with van der Waals surface area (Å²) in [7, 11) is 0. The molecule has 0 aromatic heterocycles. The van der Waals surface area contributed by atoms with E-state index >= 15 is 0 Å². The SMILES string of the molecule is CCCCCCCC/C=C\CCCCCCCCC(O)C(=O)NC(CO)C(O)/C=C/CC/C=C/CC/C=C/CCCCCCCCCCCCCCCCC. The van der Waals surface area contributed by atoms with Crippen molar-refractivity contribution in [3.05, 3.63) is 48.6 Å². The summed E-state index contributed by atoms with van der Waals surface area (Å²) in [5.74, 6) is -0.522. The van der Waals surface area contributed by atoms with Gasteiger partial charge in [-0.3, -0.25) is 4.79 Å². The molecule has 55 heavy (non-hydrogen) atoms. The number of unbranched alkanes of at least 4 members (excludes halogenated alkanes) is 29. The van der Waals surface area contributed by atoms with Crippen molar-refractivity contribution in [1.82, 2.24) is 5.32 Å². The second-order valence-electron chi connectivity index (χ2n) is 16.3. The number of hydrogen-bond acceptors (Lipinski definition) is 4. The third-order valence-corrected chi connectivity index (χ3v) is 10.9. The molecule has 3 unspecified atom stereocenters. The molecule has 5 nitrogen and oxygen atoms in total. The number of nitrogens with one attached hydrogen (secondary N) is 1. The van der Waals surface area contributed by atoms with Crippen LogP contribution in [0.2, 0.25) is 0 Å². The first-order valence-electron chi connectivity index (χ1n) is 24.0. The van der Waals surface area contributed by atoms with Gasteiger partial charge in [0.15, 0.2) is 0 Å². The van der Waals surface area contributed by atoms with Crippen LogP contribution < -0.4 is 5.32 Å². The van der Waals surface area contributed by atoms with Gasteiger partial charge in [-0.2, -0.15) is 0 Å². The fourth-order valence-electron chi connectivity index (χ4n) is 7.09. The van der Waals surface area contributed by atoms with Crippen molar-refractivity contribution in [3.63, 3.8) is 0 Å². The minimum atomic E-state index is -1.11. The van der Waals surface area contributed by atoms with Crippen molar-refractivity contribution in [2.24, 2.45) is 0 Å². The normalized spacial score (nSPS) is 13.9. The Labute approximate surface area is 342 Å². The highest BCUT2D eigenvalue weighted by Gasteiger charge is 2.22. The first-order valence-corrected chi connectivity index (χ1v) is 24.0. The molecule has 0 saturated carbocycles. The molecule has 0 aliphatic carbocycles. The molecule has 5 heteroatoms. The van der Waals surface area contributed by atoms with Gasteiger partial charge in [-0.25, -0.2) is 0 Å². The van der Waals surface area contributed by atoms with E-state index in [1.54, 1.807) is 6.08 Å². The molecule has 0 aromatic carbocycles. The van der Waals surface area contributed by atoms with E-state index in [4.69, 9.17) is 0 Å². The zero-order valence-corrected chi connectivity index (χ0v) is 36.6. The van der Waals surface area contributed by atoms with E-state index in [0.29, 0.717) is 6.42 Å². The summed E-state index contributed by atoms with van der Waals surface area (Å²) in [4.78, 5) is 12.5. The summed E-state index contributed by atoms with van der Waals surface area (Å²) >= 11 is 0. The van der Waals surface area contributed by atoms with E-state index in [2.05, 4.69) is 55.6 Å². The van der Waals surface area contributed by atoms with Crippen LogP contribution in [0.5, 0.6) is 0 Å². The van der Waals surface area contributed by atoms with Crippen molar-refractivity contribution in [2.45, 2.75) is 257 Å². The molecule has 0 aromatic rings. The lowest BCUT2D eigenvalue weighted by Gasteiger charge is -2.21. The van der Waals surface area contributed by atoms with Crippen LogP contribution in [0, 0.1) is 0 Å². The van der Waals surface area contributed by atoms with Crippen LogP contribution in [-0.2, 0) is 4.79 Å². The largest absolute Gasteiger partial charge is 0.394 e. The maximum atomic E-state index is 12.5. The van der Waals surface area contributed by atoms with E-state index in [1.807, 2.05) is 6.08 Å². The lowest BCUT2D eigenvalue weighted by atomic mass is 10.0. The van der Waals surface area contributed by atoms with E-state index < -0.39 is 24.2 Å². The predicted octanol–water partition coefficient (Wildman–Crippen LogP) is 14.1. The van der Waals surface area contributed by atoms with Gasteiger partial charge in [-0.1, -0.05) is 217 Å². The van der Waals surface area contributed by atoms with Crippen molar-refractivity contribution >= 4 is 5.91 Å². The van der Waals surface area contributed by atoms with Crippen LogP contribution in [0.4, 0.5) is 0 Å². The van der Waals surface area contributed by atoms with Crippen LogP contribution in [0.3, 0.4) is 0 Å². The van der Waals surface area contributed by atoms with Crippen molar-refractivity contribution in [2.75, 3.05) is 6.61 Å². The minimum absolute atomic E-state index is 0.384. The van der Waals surface area contributed by atoms with Crippen molar-refractivity contribution in [3.8, 4) is 0 Å². The number of carbonyl (C=O) groups is 1. The summed E-state index contributed by atoms with van der Waals surface area (Å²) in [5.41, 5.74) is 0. The van der Waals surface area contributed by atoms with Crippen molar-refractivity contribution < 1.29 is 20.1 Å². The zero-order chi connectivity index (χ0) is 40.1. The molecule has 0 heterocycles. The Morgan fingerprint density at radius 3 is 1.11 bits per heavy atom. The van der Waals surface area contributed by atoms with Gasteiger partial charge in [0.1, 0.15) is 6.10 Å². The topological polar surface area (TPSA) is 89.8 Å². The van der Waals surface area contributed by atoms with E-state index in [9.17, 15) is 20.1 Å². The molecular weight excluding hydrogens is 679 g/mol. The van der Waals surface area contributed by atoms with E-state index in [1.165, 1.54) is 167 Å². The van der Waals surface area contributed by atoms with Gasteiger partial charge >= 0.3 is 0 Å². The van der Waals surface area contributed by atoms with Gasteiger partial charge in [-0.15, -0.1) is 0 Å². The average molecular weight is 772 g/mol. The quantitative estimate of drug-likeness (QED) is 0.0367. The fraction of sp³-hybridized carbons (Fsp3) is 0.820. The van der Waals surface area contributed by atoms with E-state index in [0.717, 1.165) is 51.4 Å². The number of rotatable bonds is 43. The number of carbonyl (C=O) groups excluding carboxylic acids is 1. The summed E-state index contributed by atoms with van der Waals surface area (Å²) in [6.07, 6.45) is 58.7. The fourth-order valence-corrected chi connectivity index (χ4v) is 7.09. The summed E-state index contributed by atoms with van der Waals surface area (Å²) in [5, 5.41) is 33.2. The Kier molecular flexibility index (Phi) is 43.6. The highest BCUT2D eigenvalue weighted by atomic mass is 16.3. The van der Waals surface area contributed by atoms with Gasteiger partial charge in [0.2, 0.25) is 5.91 Å². The lowest BCUT2D eigenvalue weighted by Crippen LogP contribution is -2.48. The highest BCUT2D eigenvalue weighted by Crippen LogP contribution is 2.15. The molecule has 0 radical (unpaired) electrons. The van der Waals surface area contributed by atoms with Crippen LogP contribution in [-0.4, -0.2) is 46.1 Å². The smallest absolute Gasteiger partial charge is 0.249 e. The molecule has 0 aliphatic heterocycles. The number of aliphatic hydroxyl groups is 3. The van der Waals surface area contributed by atoms with Crippen LogP contribution >= 0.6 is 0 Å². The van der Waals surface area contributed by atoms with Crippen molar-refractivity contribution in [1.29, 1.82) is 0 Å². The number of aliphatic hydroxyl groups excluding tert-OH is 3. The lowest BCUT2D eigenvalue weighted by molar-refractivity contribution is -0.131. The summed E-state index contributed by atoms with van der Waals surface area (Å²) in [6.45, 7) is 4.17.